The van der Waals surface area contributed by atoms with Gasteiger partial charge >= 0.3 is 0 Å². The molecule has 1 rings (SSSR count). The van der Waals surface area contributed by atoms with Gasteiger partial charge in [0.05, 0.1) is 4.90 Å². The molecule has 0 aliphatic carbocycles. The molecule has 0 bridgehead atoms. The normalized spacial score (nSPS) is 12.9. The maximum atomic E-state index is 13.3. The second-order valence-electron chi connectivity index (χ2n) is 7.08. The molecule has 0 heterocycles. The van der Waals surface area contributed by atoms with Crippen LogP contribution < -0.4 is 0 Å². The molecule has 23 heavy (non-hydrogen) atoms. The quantitative estimate of drug-likeness (QED) is 0.694. The van der Waals surface area contributed by atoms with E-state index in [1.165, 1.54) is 5.56 Å². The molecule has 0 aromatic heterocycles. The number of benzene rings is 1. The summed E-state index contributed by atoms with van der Waals surface area (Å²) in [7, 11) is -3.46. The predicted molar refractivity (Wildman–Crippen MR) is 98.8 cm³/mol. The van der Waals surface area contributed by atoms with Gasteiger partial charge in [0, 0.05) is 13.1 Å². The van der Waals surface area contributed by atoms with Crippen molar-refractivity contribution in [1.82, 2.24) is 4.31 Å². The Morgan fingerprint density at radius 1 is 0.826 bits per heavy atom. The van der Waals surface area contributed by atoms with E-state index in [4.69, 9.17) is 0 Å². The number of rotatable bonds is 7. The highest BCUT2D eigenvalue weighted by atomic mass is 32.2. The molecule has 0 spiro atoms. The highest BCUT2D eigenvalue weighted by molar-refractivity contribution is 7.89. The average Bonchev–Trinajstić information content (AvgIpc) is 2.46. The van der Waals surface area contributed by atoms with Gasteiger partial charge in [-0.25, -0.2) is 8.42 Å². The van der Waals surface area contributed by atoms with Gasteiger partial charge < -0.3 is 0 Å². The minimum absolute atomic E-state index is 0.173. The first-order valence-corrected chi connectivity index (χ1v) is 10.2. The molecule has 0 fully saturated rings. The number of sulfonamides is 1. The summed E-state index contributed by atoms with van der Waals surface area (Å²) in [6, 6.07) is 4.19. The molecular formula is C19H33NO2S. The van der Waals surface area contributed by atoms with E-state index in [0.29, 0.717) is 23.9 Å². The van der Waals surface area contributed by atoms with E-state index in [1.54, 1.807) is 4.31 Å². The maximum absolute atomic E-state index is 13.3. The third kappa shape index (κ3) is 4.16. The summed E-state index contributed by atoms with van der Waals surface area (Å²) in [5.41, 5.74) is 3.12. The second kappa shape index (κ2) is 7.80. The zero-order valence-corrected chi connectivity index (χ0v) is 16.8. The fraction of sp³-hybridized carbons (Fsp3) is 0.684. The first kappa shape index (κ1) is 20.2. The summed E-state index contributed by atoms with van der Waals surface area (Å²) in [5, 5.41) is 0. The van der Waals surface area contributed by atoms with E-state index in [0.717, 1.165) is 11.1 Å². The monoisotopic (exact) mass is 339 g/mol. The van der Waals surface area contributed by atoms with Gasteiger partial charge in [-0.05, 0) is 34.4 Å². The van der Waals surface area contributed by atoms with Crippen LogP contribution in [0.2, 0.25) is 0 Å². The van der Waals surface area contributed by atoms with Crippen molar-refractivity contribution in [3.8, 4) is 0 Å². The molecule has 4 heteroatoms. The molecule has 132 valence electrons. The zero-order valence-electron chi connectivity index (χ0n) is 16.0. The molecular weight excluding hydrogens is 306 g/mol. The molecule has 0 amide bonds. The Morgan fingerprint density at radius 3 is 1.48 bits per heavy atom. The number of hydrogen-bond acceptors (Lipinski definition) is 2. The molecule has 0 aliphatic heterocycles. The third-order valence-corrected chi connectivity index (χ3v) is 6.57. The van der Waals surface area contributed by atoms with Crippen LogP contribution in [0.5, 0.6) is 0 Å². The predicted octanol–water partition coefficient (Wildman–Crippen LogP) is 5.09. The summed E-state index contributed by atoms with van der Waals surface area (Å²) >= 11 is 0. The van der Waals surface area contributed by atoms with Crippen molar-refractivity contribution in [2.45, 2.75) is 78.0 Å². The van der Waals surface area contributed by atoms with Crippen LogP contribution in [0.4, 0.5) is 0 Å². The zero-order chi connectivity index (χ0) is 17.9. The second-order valence-corrected chi connectivity index (χ2v) is 8.96. The summed E-state index contributed by atoms with van der Waals surface area (Å²) in [5.74, 6) is 0.730. The van der Waals surface area contributed by atoms with E-state index in [1.807, 2.05) is 13.8 Å². The Balaban J connectivity index is 3.81. The van der Waals surface area contributed by atoms with Gasteiger partial charge in [-0.3, -0.25) is 0 Å². The molecule has 0 aliphatic rings. The summed E-state index contributed by atoms with van der Waals surface area (Å²) in [4.78, 5) is 0.538. The van der Waals surface area contributed by atoms with Gasteiger partial charge in [0.2, 0.25) is 10.0 Å². The van der Waals surface area contributed by atoms with E-state index in [9.17, 15) is 8.42 Å². The molecule has 0 saturated carbocycles. The first-order valence-electron chi connectivity index (χ1n) is 8.75. The lowest BCUT2D eigenvalue weighted by Crippen LogP contribution is -2.32. The van der Waals surface area contributed by atoms with Gasteiger partial charge in [0.25, 0.3) is 0 Å². The molecule has 1 aromatic rings. The smallest absolute Gasteiger partial charge is 0.207 e. The Morgan fingerprint density at radius 2 is 1.22 bits per heavy atom. The lowest BCUT2D eigenvalue weighted by molar-refractivity contribution is 0.443. The van der Waals surface area contributed by atoms with Crippen LogP contribution in [0.1, 0.15) is 89.8 Å². The van der Waals surface area contributed by atoms with Crippen LogP contribution in [0, 0.1) is 0 Å². The van der Waals surface area contributed by atoms with Crippen molar-refractivity contribution in [3.63, 3.8) is 0 Å². The Bertz CT molecular complexity index is 598. The van der Waals surface area contributed by atoms with Crippen LogP contribution in [-0.2, 0) is 10.0 Å². The molecule has 1 aromatic carbocycles. The van der Waals surface area contributed by atoms with Crippen LogP contribution in [0.25, 0.3) is 0 Å². The first-order chi connectivity index (χ1) is 10.6. The third-order valence-electron chi connectivity index (χ3n) is 4.38. The largest absolute Gasteiger partial charge is 0.243 e. The molecule has 0 radical (unpaired) electrons. The molecule has 0 atom stereocenters. The maximum Gasteiger partial charge on any atom is 0.243 e. The van der Waals surface area contributed by atoms with Crippen molar-refractivity contribution in [1.29, 1.82) is 0 Å². The van der Waals surface area contributed by atoms with E-state index < -0.39 is 10.0 Å². The van der Waals surface area contributed by atoms with Crippen LogP contribution in [0.15, 0.2) is 17.0 Å². The van der Waals surface area contributed by atoms with Crippen molar-refractivity contribution in [2.75, 3.05) is 13.1 Å². The summed E-state index contributed by atoms with van der Waals surface area (Å²) in [6.07, 6.45) is 0. The van der Waals surface area contributed by atoms with E-state index >= 15 is 0 Å². The molecule has 0 unspecified atom stereocenters. The van der Waals surface area contributed by atoms with Crippen molar-refractivity contribution >= 4 is 10.0 Å². The van der Waals surface area contributed by atoms with Crippen LogP contribution in [-0.4, -0.2) is 25.8 Å². The van der Waals surface area contributed by atoms with Gasteiger partial charge in [0.15, 0.2) is 0 Å². The van der Waals surface area contributed by atoms with E-state index in [-0.39, 0.29) is 11.8 Å². The molecule has 3 nitrogen and oxygen atoms in total. The SMILES string of the molecule is CCN(CC)S(=O)(=O)c1c(C(C)C)cc(C(C)C)cc1C(C)C. The van der Waals surface area contributed by atoms with Gasteiger partial charge in [-0.15, -0.1) is 0 Å². The Kier molecular flexibility index (Phi) is 6.84. The van der Waals surface area contributed by atoms with Gasteiger partial charge in [-0.1, -0.05) is 67.5 Å². The fourth-order valence-corrected chi connectivity index (χ4v) is 5.00. The fourth-order valence-electron chi connectivity index (χ4n) is 2.88. The minimum atomic E-state index is -3.46. The van der Waals surface area contributed by atoms with Crippen molar-refractivity contribution in [3.05, 3.63) is 28.8 Å². The summed E-state index contributed by atoms with van der Waals surface area (Å²) < 4.78 is 28.1. The van der Waals surface area contributed by atoms with Crippen LogP contribution >= 0.6 is 0 Å². The van der Waals surface area contributed by atoms with Gasteiger partial charge in [-0.2, -0.15) is 4.31 Å². The highest BCUT2D eigenvalue weighted by Crippen LogP contribution is 2.36. The average molecular weight is 340 g/mol. The number of hydrogen-bond donors (Lipinski definition) is 0. The summed E-state index contributed by atoms with van der Waals surface area (Å²) in [6.45, 7) is 17.4. The standard InChI is InChI=1S/C19H33NO2S/c1-9-20(10-2)23(21,22)19-17(14(5)6)11-16(13(3)4)12-18(19)15(7)8/h11-15H,9-10H2,1-8H3. The molecule has 0 saturated heterocycles. The molecule has 0 N–H and O–H groups in total. The topological polar surface area (TPSA) is 37.4 Å². The Labute approximate surface area is 143 Å². The lowest BCUT2D eigenvalue weighted by Gasteiger charge is -2.27. The van der Waals surface area contributed by atoms with Crippen LogP contribution in [0.3, 0.4) is 0 Å². The lowest BCUT2D eigenvalue weighted by atomic mass is 9.89. The van der Waals surface area contributed by atoms with Gasteiger partial charge in [0.1, 0.15) is 0 Å². The van der Waals surface area contributed by atoms with Crippen molar-refractivity contribution < 1.29 is 8.42 Å². The highest BCUT2D eigenvalue weighted by Gasteiger charge is 2.30. The number of nitrogens with zero attached hydrogens (tertiary/aromatic N) is 1. The van der Waals surface area contributed by atoms with Crippen molar-refractivity contribution in [2.24, 2.45) is 0 Å². The van der Waals surface area contributed by atoms with E-state index in [2.05, 4.69) is 53.7 Å². The minimum Gasteiger partial charge on any atom is -0.207 e. The Hall–Kier alpha value is -0.870.